The van der Waals surface area contributed by atoms with Crippen LogP contribution in [-0.2, 0) is 0 Å². The molecule has 0 amide bonds. The largest absolute Gasteiger partial charge is 0.362 e. The van der Waals surface area contributed by atoms with Gasteiger partial charge in [0.15, 0.2) is 5.11 Å². The van der Waals surface area contributed by atoms with Gasteiger partial charge in [-0.3, -0.25) is 0 Å². The second-order valence-corrected chi connectivity index (χ2v) is 6.58. The number of anilines is 2. The number of nitrogens with one attached hydrogen (secondary N) is 2. The first-order valence-electron chi connectivity index (χ1n) is 7.84. The van der Waals surface area contributed by atoms with Crippen molar-refractivity contribution in [2.24, 2.45) is 5.92 Å². The highest BCUT2D eigenvalue weighted by Gasteiger charge is 2.19. The molecule has 21 heavy (non-hydrogen) atoms. The van der Waals surface area contributed by atoms with E-state index in [4.69, 9.17) is 12.2 Å². The minimum atomic E-state index is 0.575. The van der Waals surface area contributed by atoms with E-state index < -0.39 is 0 Å². The van der Waals surface area contributed by atoms with E-state index >= 15 is 0 Å². The molecule has 0 saturated carbocycles. The van der Waals surface area contributed by atoms with Crippen LogP contribution >= 0.6 is 12.2 Å². The molecule has 0 aromatic carbocycles. The first kappa shape index (κ1) is 16.0. The van der Waals surface area contributed by atoms with Crippen molar-refractivity contribution in [1.82, 2.24) is 10.3 Å². The van der Waals surface area contributed by atoms with Crippen molar-refractivity contribution in [1.29, 1.82) is 0 Å². The predicted molar refractivity (Wildman–Crippen MR) is 94.0 cm³/mol. The molecule has 1 saturated heterocycles. The molecule has 1 aliphatic heterocycles. The van der Waals surface area contributed by atoms with E-state index in [1.807, 2.05) is 12.3 Å². The Morgan fingerprint density at radius 1 is 1.43 bits per heavy atom. The van der Waals surface area contributed by atoms with Gasteiger partial charge in [0.2, 0.25) is 0 Å². The lowest BCUT2D eigenvalue weighted by atomic mass is 10.0. The molecule has 2 heterocycles. The molecule has 0 spiro atoms. The average Bonchev–Trinajstić information content (AvgIpc) is 2.47. The lowest BCUT2D eigenvalue weighted by molar-refractivity contribution is 0.481. The third-order valence-electron chi connectivity index (χ3n) is 3.77. The Bertz CT molecular complexity index is 458. The van der Waals surface area contributed by atoms with Gasteiger partial charge in [-0.05, 0) is 56.5 Å². The summed E-state index contributed by atoms with van der Waals surface area (Å²) in [5.74, 6) is 1.64. The summed E-state index contributed by atoms with van der Waals surface area (Å²) in [6.45, 7) is 8.58. The smallest absolute Gasteiger partial charge is 0.170 e. The fourth-order valence-electron chi connectivity index (χ4n) is 2.54. The highest BCUT2D eigenvalue weighted by molar-refractivity contribution is 7.80. The lowest BCUT2D eigenvalue weighted by Crippen LogP contribution is -2.38. The van der Waals surface area contributed by atoms with Gasteiger partial charge < -0.3 is 15.5 Å². The van der Waals surface area contributed by atoms with Crippen LogP contribution < -0.4 is 15.5 Å². The summed E-state index contributed by atoms with van der Waals surface area (Å²) in [5.41, 5.74) is 0.935. The fourth-order valence-corrected chi connectivity index (χ4v) is 2.74. The Hall–Kier alpha value is -1.36. The highest BCUT2D eigenvalue weighted by Crippen LogP contribution is 2.23. The molecular weight excluding hydrogens is 280 g/mol. The minimum Gasteiger partial charge on any atom is -0.362 e. The van der Waals surface area contributed by atoms with Crippen molar-refractivity contribution in [3.05, 3.63) is 18.3 Å². The van der Waals surface area contributed by atoms with Gasteiger partial charge in [0.25, 0.3) is 0 Å². The predicted octanol–water partition coefficient (Wildman–Crippen LogP) is 3.40. The van der Waals surface area contributed by atoms with Crippen molar-refractivity contribution in [2.45, 2.75) is 46.1 Å². The molecule has 1 aromatic heterocycles. The van der Waals surface area contributed by atoms with Gasteiger partial charge in [-0.15, -0.1) is 0 Å². The maximum atomic E-state index is 5.27. The van der Waals surface area contributed by atoms with Crippen LogP contribution in [0.5, 0.6) is 0 Å². The summed E-state index contributed by atoms with van der Waals surface area (Å²) in [4.78, 5) is 6.97. The Balaban J connectivity index is 1.91. The van der Waals surface area contributed by atoms with Crippen molar-refractivity contribution >= 4 is 28.8 Å². The van der Waals surface area contributed by atoms with Crippen molar-refractivity contribution in [3.8, 4) is 0 Å². The molecule has 2 N–H and O–H groups in total. The summed E-state index contributed by atoms with van der Waals surface area (Å²) in [6.07, 6.45) is 5.70. The van der Waals surface area contributed by atoms with E-state index in [1.165, 1.54) is 19.3 Å². The molecule has 1 unspecified atom stereocenters. The van der Waals surface area contributed by atoms with E-state index in [1.54, 1.807) is 0 Å². The second-order valence-electron chi connectivity index (χ2n) is 6.17. The molecule has 1 atom stereocenters. The molecule has 2 rings (SSSR count). The third kappa shape index (κ3) is 4.84. The quantitative estimate of drug-likeness (QED) is 0.834. The molecule has 0 aliphatic carbocycles. The fraction of sp³-hybridized carbons (Fsp3) is 0.625. The van der Waals surface area contributed by atoms with Crippen LogP contribution in [0.3, 0.4) is 0 Å². The van der Waals surface area contributed by atoms with E-state index in [-0.39, 0.29) is 0 Å². The molecule has 0 bridgehead atoms. The Morgan fingerprint density at radius 3 is 2.86 bits per heavy atom. The average molecular weight is 306 g/mol. The zero-order valence-electron chi connectivity index (χ0n) is 13.2. The number of hydrogen-bond acceptors (Lipinski definition) is 3. The van der Waals surface area contributed by atoms with Crippen LogP contribution in [0.25, 0.3) is 0 Å². The summed E-state index contributed by atoms with van der Waals surface area (Å²) in [5, 5.41) is 7.03. The first-order chi connectivity index (χ1) is 10.1. The van der Waals surface area contributed by atoms with Gasteiger partial charge in [0, 0.05) is 19.1 Å². The number of thiocarbonyl (C=S) groups is 1. The maximum Gasteiger partial charge on any atom is 0.170 e. The summed E-state index contributed by atoms with van der Waals surface area (Å²) >= 11 is 5.27. The van der Waals surface area contributed by atoms with Crippen molar-refractivity contribution in [3.63, 3.8) is 0 Å². The van der Waals surface area contributed by atoms with Gasteiger partial charge in [-0.25, -0.2) is 4.98 Å². The molecule has 1 fully saturated rings. The van der Waals surface area contributed by atoms with Crippen LogP contribution in [0, 0.1) is 5.92 Å². The molecule has 0 radical (unpaired) electrons. The summed E-state index contributed by atoms with van der Waals surface area (Å²) in [6, 6.07) is 4.71. The first-order valence-corrected chi connectivity index (χ1v) is 8.24. The number of aromatic nitrogens is 1. The van der Waals surface area contributed by atoms with Gasteiger partial charge in [0.1, 0.15) is 5.82 Å². The van der Waals surface area contributed by atoms with Gasteiger partial charge in [-0.1, -0.05) is 13.8 Å². The number of piperidine rings is 1. The maximum absolute atomic E-state index is 5.27. The number of nitrogens with zero attached hydrogens (tertiary/aromatic N) is 2. The monoisotopic (exact) mass is 306 g/mol. The van der Waals surface area contributed by atoms with E-state index in [0.717, 1.165) is 24.6 Å². The van der Waals surface area contributed by atoms with Crippen LogP contribution in [0.15, 0.2) is 18.3 Å². The molecule has 4 nitrogen and oxygen atoms in total. The van der Waals surface area contributed by atoms with E-state index in [9.17, 15) is 0 Å². The highest BCUT2D eigenvalue weighted by atomic mass is 32.1. The minimum absolute atomic E-state index is 0.575. The Morgan fingerprint density at radius 2 is 2.24 bits per heavy atom. The van der Waals surface area contributed by atoms with Crippen molar-refractivity contribution in [2.75, 3.05) is 23.3 Å². The Labute approximate surface area is 133 Å². The molecular formula is C16H26N4S. The molecule has 116 valence electrons. The van der Waals surface area contributed by atoms with E-state index in [0.29, 0.717) is 17.1 Å². The number of pyridine rings is 1. The zero-order chi connectivity index (χ0) is 15.2. The zero-order valence-corrected chi connectivity index (χ0v) is 14.0. The van der Waals surface area contributed by atoms with Gasteiger partial charge in [-0.2, -0.15) is 0 Å². The van der Waals surface area contributed by atoms with E-state index in [2.05, 4.69) is 47.4 Å². The van der Waals surface area contributed by atoms with Crippen LogP contribution in [0.1, 0.15) is 40.0 Å². The number of rotatable bonds is 4. The van der Waals surface area contributed by atoms with Crippen LogP contribution in [-0.4, -0.2) is 29.2 Å². The molecule has 1 aliphatic rings. The summed E-state index contributed by atoms with van der Waals surface area (Å²) in [7, 11) is 0. The standard InChI is InChI=1S/C16H26N4S/c1-12(2)10-18-16(21)19-14-7-8-15(17-11-14)20-9-5-4-6-13(20)3/h7-8,11-13H,4-6,9-10H2,1-3H3,(H2,18,19,21). The summed E-state index contributed by atoms with van der Waals surface area (Å²) < 4.78 is 0. The molecule has 5 heteroatoms. The van der Waals surface area contributed by atoms with Gasteiger partial charge >= 0.3 is 0 Å². The SMILES string of the molecule is CC(C)CNC(=S)Nc1ccc(N2CCCCC2C)nc1. The lowest BCUT2D eigenvalue weighted by Gasteiger charge is -2.34. The molecule has 1 aromatic rings. The van der Waals surface area contributed by atoms with Crippen molar-refractivity contribution < 1.29 is 0 Å². The van der Waals surface area contributed by atoms with Crippen LogP contribution in [0.2, 0.25) is 0 Å². The normalized spacial score (nSPS) is 18.7. The van der Waals surface area contributed by atoms with Crippen LogP contribution in [0.4, 0.5) is 11.5 Å². The third-order valence-corrected chi connectivity index (χ3v) is 4.02. The topological polar surface area (TPSA) is 40.2 Å². The Kier molecular flexibility index (Phi) is 5.79. The van der Waals surface area contributed by atoms with Gasteiger partial charge in [0.05, 0.1) is 11.9 Å². The number of hydrogen-bond donors (Lipinski definition) is 2. The second kappa shape index (κ2) is 7.59.